The second-order valence-electron chi connectivity index (χ2n) is 7.31. The molecule has 0 bridgehead atoms. The summed E-state index contributed by atoms with van der Waals surface area (Å²) in [5.41, 5.74) is 5.17. The zero-order valence-electron chi connectivity index (χ0n) is 17.2. The molecule has 0 atom stereocenters. The van der Waals surface area contributed by atoms with Gasteiger partial charge in [0.1, 0.15) is 11.6 Å². The molecule has 152 valence electrons. The molecular formula is C25H25N3O2. The number of nitrogens with one attached hydrogen (secondary N) is 2. The van der Waals surface area contributed by atoms with Gasteiger partial charge in [0.2, 0.25) is 0 Å². The standard InChI is InChI=1S/C25H25N3O2/c1-3-4-15-30-20-13-11-18(12-14-20)25(29)28-23-16-19(10-9-17(23)2)24-26-21-7-5-6-8-22(21)27-24/h5-14,16H,3-4,15H2,1-2H3,(H,26,27)(H,28,29). The van der Waals surface area contributed by atoms with Gasteiger partial charge in [-0.1, -0.05) is 37.6 Å². The fourth-order valence-corrected chi connectivity index (χ4v) is 3.22. The average molecular weight is 399 g/mol. The fourth-order valence-electron chi connectivity index (χ4n) is 3.22. The van der Waals surface area contributed by atoms with Crippen molar-refractivity contribution in [2.75, 3.05) is 11.9 Å². The lowest BCUT2D eigenvalue weighted by atomic mass is 10.1. The SMILES string of the molecule is CCCCOc1ccc(C(=O)Nc2cc(-c3nc4ccccc4[nH]3)ccc2C)cc1. The van der Waals surface area contributed by atoms with Crippen molar-refractivity contribution in [1.29, 1.82) is 0 Å². The lowest BCUT2D eigenvalue weighted by Gasteiger charge is -2.11. The van der Waals surface area contributed by atoms with E-state index >= 15 is 0 Å². The maximum Gasteiger partial charge on any atom is 0.255 e. The number of fused-ring (bicyclic) bond motifs is 1. The molecule has 1 heterocycles. The molecule has 0 aliphatic rings. The topological polar surface area (TPSA) is 67.0 Å². The van der Waals surface area contributed by atoms with Crippen LogP contribution in [-0.2, 0) is 0 Å². The van der Waals surface area contributed by atoms with Crippen LogP contribution in [0.1, 0.15) is 35.7 Å². The van der Waals surface area contributed by atoms with Gasteiger partial charge in [-0.15, -0.1) is 0 Å². The number of para-hydroxylation sites is 2. The first-order valence-corrected chi connectivity index (χ1v) is 10.2. The third-order valence-electron chi connectivity index (χ3n) is 5.03. The lowest BCUT2D eigenvalue weighted by molar-refractivity contribution is 0.102. The largest absolute Gasteiger partial charge is 0.494 e. The molecule has 4 aromatic rings. The van der Waals surface area contributed by atoms with Crippen molar-refractivity contribution >= 4 is 22.6 Å². The van der Waals surface area contributed by atoms with Gasteiger partial charge >= 0.3 is 0 Å². The summed E-state index contributed by atoms with van der Waals surface area (Å²) in [6.07, 6.45) is 2.11. The minimum atomic E-state index is -0.153. The number of ether oxygens (including phenoxy) is 1. The highest BCUT2D eigenvalue weighted by Gasteiger charge is 2.11. The highest BCUT2D eigenvalue weighted by atomic mass is 16.5. The van der Waals surface area contributed by atoms with Crippen LogP contribution in [0, 0.1) is 6.92 Å². The summed E-state index contributed by atoms with van der Waals surface area (Å²) in [5, 5.41) is 3.02. The van der Waals surface area contributed by atoms with E-state index < -0.39 is 0 Å². The maximum atomic E-state index is 12.8. The van der Waals surface area contributed by atoms with Gasteiger partial charge in [0.05, 0.1) is 17.6 Å². The highest BCUT2D eigenvalue weighted by molar-refractivity contribution is 6.05. The van der Waals surface area contributed by atoms with E-state index in [1.165, 1.54) is 0 Å². The number of imidazole rings is 1. The summed E-state index contributed by atoms with van der Waals surface area (Å²) in [6.45, 7) is 4.79. The molecule has 0 unspecified atom stereocenters. The Morgan fingerprint density at radius 2 is 1.87 bits per heavy atom. The molecule has 0 saturated heterocycles. The van der Waals surface area contributed by atoms with Crippen LogP contribution in [0.4, 0.5) is 5.69 Å². The molecule has 30 heavy (non-hydrogen) atoms. The Labute approximate surface area is 176 Å². The zero-order chi connectivity index (χ0) is 20.9. The van der Waals surface area contributed by atoms with Crippen LogP contribution >= 0.6 is 0 Å². The third-order valence-corrected chi connectivity index (χ3v) is 5.03. The second kappa shape index (κ2) is 8.82. The van der Waals surface area contributed by atoms with Crippen molar-refractivity contribution in [3.05, 3.63) is 77.9 Å². The van der Waals surface area contributed by atoms with Crippen LogP contribution in [0.25, 0.3) is 22.4 Å². The first-order chi connectivity index (χ1) is 14.6. The number of H-pyrrole nitrogens is 1. The van der Waals surface area contributed by atoms with E-state index in [0.717, 1.165) is 52.3 Å². The number of aryl methyl sites for hydroxylation is 1. The zero-order valence-corrected chi connectivity index (χ0v) is 17.2. The minimum absolute atomic E-state index is 0.153. The Hall–Kier alpha value is -3.60. The van der Waals surface area contributed by atoms with E-state index in [4.69, 9.17) is 4.74 Å². The first kappa shape index (κ1) is 19.7. The van der Waals surface area contributed by atoms with Gasteiger partial charge in [-0.2, -0.15) is 0 Å². The van der Waals surface area contributed by atoms with Crippen molar-refractivity contribution in [1.82, 2.24) is 9.97 Å². The van der Waals surface area contributed by atoms with Crippen LogP contribution in [-0.4, -0.2) is 22.5 Å². The van der Waals surface area contributed by atoms with Gasteiger partial charge < -0.3 is 15.0 Å². The van der Waals surface area contributed by atoms with Crippen LogP contribution in [0.3, 0.4) is 0 Å². The Morgan fingerprint density at radius 3 is 2.63 bits per heavy atom. The number of carbonyl (C=O) groups excluding carboxylic acids is 1. The van der Waals surface area contributed by atoms with Gasteiger partial charge in [-0.05, 0) is 61.4 Å². The smallest absolute Gasteiger partial charge is 0.255 e. The third kappa shape index (κ3) is 4.35. The number of hydrogen-bond acceptors (Lipinski definition) is 3. The number of benzene rings is 3. The molecule has 0 aliphatic heterocycles. The van der Waals surface area contributed by atoms with E-state index in [0.29, 0.717) is 12.2 Å². The summed E-state index contributed by atoms with van der Waals surface area (Å²) >= 11 is 0. The van der Waals surface area contributed by atoms with Crippen LogP contribution in [0.5, 0.6) is 5.75 Å². The first-order valence-electron chi connectivity index (χ1n) is 10.2. The predicted molar refractivity (Wildman–Crippen MR) is 121 cm³/mol. The van der Waals surface area contributed by atoms with Crippen molar-refractivity contribution in [2.45, 2.75) is 26.7 Å². The molecule has 0 aliphatic carbocycles. The molecular weight excluding hydrogens is 374 g/mol. The van der Waals surface area contributed by atoms with Crippen molar-refractivity contribution in [3.8, 4) is 17.1 Å². The number of hydrogen-bond donors (Lipinski definition) is 2. The van der Waals surface area contributed by atoms with Crippen molar-refractivity contribution < 1.29 is 9.53 Å². The minimum Gasteiger partial charge on any atom is -0.494 e. The Balaban J connectivity index is 1.51. The van der Waals surface area contributed by atoms with Crippen LogP contribution < -0.4 is 10.1 Å². The second-order valence-corrected chi connectivity index (χ2v) is 7.31. The van der Waals surface area contributed by atoms with Gasteiger partial charge in [0, 0.05) is 16.8 Å². The van der Waals surface area contributed by atoms with Gasteiger partial charge in [0.25, 0.3) is 5.91 Å². The Kier molecular flexibility index (Phi) is 5.80. The fraction of sp³-hybridized carbons (Fsp3) is 0.200. The number of amides is 1. The summed E-state index contributed by atoms with van der Waals surface area (Å²) in [7, 11) is 0. The molecule has 1 amide bonds. The number of nitrogens with zero attached hydrogens (tertiary/aromatic N) is 1. The number of aromatic amines is 1. The van der Waals surface area contributed by atoms with Crippen molar-refractivity contribution in [3.63, 3.8) is 0 Å². The molecule has 5 nitrogen and oxygen atoms in total. The Morgan fingerprint density at radius 1 is 1.07 bits per heavy atom. The molecule has 2 N–H and O–H groups in total. The van der Waals surface area contributed by atoms with E-state index in [2.05, 4.69) is 22.2 Å². The summed E-state index contributed by atoms with van der Waals surface area (Å²) in [4.78, 5) is 20.7. The average Bonchev–Trinajstić information content (AvgIpc) is 3.20. The molecule has 5 heteroatoms. The summed E-state index contributed by atoms with van der Waals surface area (Å²) in [6, 6.07) is 21.1. The molecule has 0 saturated carbocycles. The molecule has 4 rings (SSSR count). The number of aromatic nitrogens is 2. The normalized spacial score (nSPS) is 10.9. The molecule has 1 aromatic heterocycles. The van der Waals surface area contributed by atoms with E-state index in [-0.39, 0.29) is 5.91 Å². The van der Waals surface area contributed by atoms with E-state index in [1.54, 1.807) is 12.1 Å². The van der Waals surface area contributed by atoms with E-state index in [9.17, 15) is 4.79 Å². The number of carbonyl (C=O) groups is 1. The molecule has 3 aromatic carbocycles. The number of rotatable bonds is 7. The summed E-state index contributed by atoms with van der Waals surface area (Å²) < 4.78 is 5.67. The van der Waals surface area contributed by atoms with Gasteiger partial charge in [0.15, 0.2) is 0 Å². The number of unbranched alkanes of at least 4 members (excludes halogenated alkanes) is 1. The molecule has 0 radical (unpaired) electrons. The predicted octanol–water partition coefficient (Wildman–Crippen LogP) is 5.97. The lowest BCUT2D eigenvalue weighted by Crippen LogP contribution is -2.12. The Bertz CT molecular complexity index is 1130. The van der Waals surface area contributed by atoms with Crippen molar-refractivity contribution in [2.24, 2.45) is 0 Å². The van der Waals surface area contributed by atoms with E-state index in [1.807, 2.05) is 61.5 Å². The van der Waals surface area contributed by atoms with Gasteiger partial charge in [-0.3, -0.25) is 4.79 Å². The molecule has 0 spiro atoms. The number of anilines is 1. The summed E-state index contributed by atoms with van der Waals surface area (Å²) in [5.74, 6) is 1.41. The monoisotopic (exact) mass is 399 g/mol. The quantitative estimate of drug-likeness (QED) is 0.376. The van der Waals surface area contributed by atoms with Crippen LogP contribution in [0.15, 0.2) is 66.7 Å². The molecule has 0 fully saturated rings. The highest BCUT2D eigenvalue weighted by Crippen LogP contribution is 2.26. The van der Waals surface area contributed by atoms with Gasteiger partial charge in [-0.25, -0.2) is 4.98 Å². The maximum absolute atomic E-state index is 12.8. The van der Waals surface area contributed by atoms with Crippen LogP contribution in [0.2, 0.25) is 0 Å².